The van der Waals surface area contributed by atoms with Crippen LogP contribution in [-0.2, 0) is 4.79 Å². The Bertz CT molecular complexity index is 469. The smallest absolute Gasteiger partial charge is 0.230 e. The highest BCUT2D eigenvalue weighted by Gasteiger charge is 2.42. The lowest BCUT2D eigenvalue weighted by atomic mass is 9.85. The van der Waals surface area contributed by atoms with Gasteiger partial charge in [0.15, 0.2) is 5.96 Å². The molecular formula is C19H38IN5O. The van der Waals surface area contributed by atoms with E-state index in [9.17, 15) is 4.79 Å². The first-order valence-electron chi connectivity index (χ1n) is 9.80. The maximum absolute atomic E-state index is 12.7. The number of carbonyl (C=O) groups excluding carboxylic acids is 1. The van der Waals surface area contributed by atoms with Crippen molar-refractivity contribution in [1.82, 2.24) is 20.4 Å². The number of hydrogen-bond donors (Lipinski definition) is 2. The Hall–Kier alpha value is -0.570. The van der Waals surface area contributed by atoms with Gasteiger partial charge in [0.1, 0.15) is 0 Å². The number of likely N-dealkylation sites (N-methyl/N-ethyl adjacent to an activating group) is 1. The molecule has 0 saturated heterocycles. The van der Waals surface area contributed by atoms with Gasteiger partial charge < -0.3 is 20.4 Å². The van der Waals surface area contributed by atoms with Gasteiger partial charge in [0.05, 0.1) is 12.0 Å². The minimum Gasteiger partial charge on any atom is -0.357 e. The Morgan fingerprint density at radius 1 is 1.15 bits per heavy atom. The van der Waals surface area contributed by atoms with Gasteiger partial charge in [-0.15, -0.1) is 24.0 Å². The number of halogens is 1. The van der Waals surface area contributed by atoms with Crippen LogP contribution in [0.5, 0.6) is 0 Å². The van der Waals surface area contributed by atoms with Crippen LogP contribution in [-0.4, -0.2) is 75.5 Å². The SMILES string of the molecule is CCNC(=NCC1(C(=O)N(C)C)CCCC1)NCC(C1CC1)N(C)C.I. The molecule has 0 heterocycles. The van der Waals surface area contributed by atoms with Gasteiger partial charge in [0.25, 0.3) is 0 Å². The van der Waals surface area contributed by atoms with Crippen molar-refractivity contribution in [3.8, 4) is 0 Å². The number of amides is 1. The molecule has 0 aromatic carbocycles. The molecule has 1 unspecified atom stereocenters. The monoisotopic (exact) mass is 479 g/mol. The van der Waals surface area contributed by atoms with Gasteiger partial charge >= 0.3 is 0 Å². The van der Waals surface area contributed by atoms with Gasteiger partial charge in [0, 0.05) is 33.2 Å². The van der Waals surface area contributed by atoms with Gasteiger partial charge in [-0.2, -0.15) is 0 Å². The fourth-order valence-corrected chi connectivity index (χ4v) is 3.99. The second kappa shape index (κ2) is 10.7. The molecule has 0 aliphatic heterocycles. The fourth-order valence-electron chi connectivity index (χ4n) is 3.99. The van der Waals surface area contributed by atoms with E-state index in [0.29, 0.717) is 12.6 Å². The van der Waals surface area contributed by atoms with E-state index in [-0.39, 0.29) is 35.3 Å². The molecule has 1 amide bonds. The fraction of sp³-hybridized carbons (Fsp3) is 0.895. The lowest BCUT2D eigenvalue weighted by Crippen LogP contribution is -2.47. The Morgan fingerprint density at radius 3 is 2.23 bits per heavy atom. The first kappa shape index (κ1) is 23.5. The second-order valence-corrected chi connectivity index (χ2v) is 8.13. The van der Waals surface area contributed by atoms with Crippen LogP contribution in [0.4, 0.5) is 0 Å². The summed E-state index contributed by atoms with van der Waals surface area (Å²) in [5.41, 5.74) is -0.302. The van der Waals surface area contributed by atoms with E-state index < -0.39 is 0 Å². The van der Waals surface area contributed by atoms with Crippen molar-refractivity contribution >= 4 is 35.8 Å². The molecule has 2 fully saturated rings. The van der Waals surface area contributed by atoms with Gasteiger partial charge in [-0.3, -0.25) is 9.79 Å². The van der Waals surface area contributed by atoms with Crippen LogP contribution < -0.4 is 10.6 Å². The predicted octanol–water partition coefficient (Wildman–Crippen LogP) is 2.15. The van der Waals surface area contributed by atoms with Crippen LogP contribution >= 0.6 is 24.0 Å². The van der Waals surface area contributed by atoms with Gasteiger partial charge in [-0.1, -0.05) is 12.8 Å². The van der Waals surface area contributed by atoms with E-state index >= 15 is 0 Å². The summed E-state index contributed by atoms with van der Waals surface area (Å²) in [5, 5.41) is 6.85. The molecule has 1 atom stereocenters. The lowest BCUT2D eigenvalue weighted by molar-refractivity contribution is -0.138. The summed E-state index contributed by atoms with van der Waals surface area (Å²) in [6.45, 7) is 4.39. The summed E-state index contributed by atoms with van der Waals surface area (Å²) in [4.78, 5) is 21.6. The minimum absolute atomic E-state index is 0. The van der Waals surface area contributed by atoms with Crippen molar-refractivity contribution in [1.29, 1.82) is 0 Å². The van der Waals surface area contributed by atoms with E-state index in [4.69, 9.17) is 4.99 Å². The summed E-state index contributed by atoms with van der Waals surface area (Å²) in [7, 11) is 8.01. The zero-order valence-electron chi connectivity index (χ0n) is 17.2. The van der Waals surface area contributed by atoms with E-state index in [2.05, 4.69) is 36.6 Å². The number of rotatable bonds is 8. The maximum Gasteiger partial charge on any atom is 0.230 e. The highest BCUT2D eigenvalue weighted by molar-refractivity contribution is 14.0. The molecule has 7 heteroatoms. The van der Waals surface area contributed by atoms with E-state index in [1.54, 1.807) is 4.90 Å². The molecule has 0 aromatic rings. The second-order valence-electron chi connectivity index (χ2n) is 8.13. The number of nitrogens with one attached hydrogen (secondary N) is 2. The molecule has 6 nitrogen and oxygen atoms in total. The zero-order valence-corrected chi connectivity index (χ0v) is 19.5. The third-order valence-corrected chi connectivity index (χ3v) is 5.61. The Morgan fingerprint density at radius 2 is 1.77 bits per heavy atom. The normalized spacial score (nSPS) is 20.5. The first-order valence-corrected chi connectivity index (χ1v) is 9.80. The van der Waals surface area contributed by atoms with E-state index in [1.807, 2.05) is 14.1 Å². The average molecular weight is 479 g/mol. The topological polar surface area (TPSA) is 60.0 Å². The van der Waals surface area contributed by atoms with Crippen molar-refractivity contribution < 1.29 is 4.79 Å². The van der Waals surface area contributed by atoms with Crippen LogP contribution in [0.2, 0.25) is 0 Å². The Balaban J connectivity index is 0.00000338. The largest absolute Gasteiger partial charge is 0.357 e. The Kier molecular flexibility index (Phi) is 9.64. The van der Waals surface area contributed by atoms with Gasteiger partial charge in [-0.25, -0.2) is 0 Å². The molecule has 152 valence electrons. The quantitative estimate of drug-likeness (QED) is 0.318. The van der Waals surface area contributed by atoms with E-state index in [1.165, 1.54) is 12.8 Å². The summed E-state index contributed by atoms with van der Waals surface area (Å²) in [6, 6.07) is 0.549. The molecule has 2 rings (SSSR count). The molecule has 0 spiro atoms. The summed E-state index contributed by atoms with van der Waals surface area (Å²) >= 11 is 0. The number of hydrogen-bond acceptors (Lipinski definition) is 3. The molecule has 0 aromatic heterocycles. The predicted molar refractivity (Wildman–Crippen MR) is 119 cm³/mol. The number of nitrogens with zero attached hydrogens (tertiary/aromatic N) is 3. The summed E-state index contributed by atoms with van der Waals surface area (Å²) in [5.74, 6) is 1.88. The molecule has 2 N–H and O–H groups in total. The molecule has 26 heavy (non-hydrogen) atoms. The van der Waals surface area contributed by atoms with Crippen molar-refractivity contribution in [3.05, 3.63) is 0 Å². The molecule has 2 aliphatic rings. The third kappa shape index (κ3) is 6.25. The minimum atomic E-state index is -0.302. The molecule has 0 radical (unpaired) electrons. The summed E-state index contributed by atoms with van der Waals surface area (Å²) < 4.78 is 0. The van der Waals surface area contributed by atoms with Crippen LogP contribution in [0, 0.1) is 11.3 Å². The van der Waals surface area contributed by atoms with Crippen molar-refractivity contribution in [2.45, 2.75) is 51.5 Å². The lowest BCUT2D eigenvalue weighted by Gasteiger charge is -2.30. The molecule has 2 aliphatic carbocycles. The molecule has 0 bridgehead atoms. The standard InChI is InChI=1S/C19H37N5O.HI/c1-6-20-18(21-13-16(23(2)3)15-9-10-15)22-14-19(11-7-8-12-19)17(25)24(4)5;/h15-16H,6-14H2,1-5H3,(H2,20,21,22);1H. The first-order chi connectivity index (χ1) is 11.9. The van der Waals surface area contributed by atoms with Crippen LogP contribution in [0.15, 0.2) is 4.99 Å². The van der Waals surface area contributed by atoms with Crippen molar-refractivity contribution in [2.75, 3.05) is 47.8 Å². The van der Waals surface area contributed by atoms with E-state index in [0.717, 1.165) is 50.7 Å². The molecule has 2 saturated carbocycles. The number of aliphatic imine (C=N–C) groups is 1. The van der Waals surface area contributed by atoms with Crippen molar-refractivity contribution in [3.63, 3.8) is 0 Å². The molecular weight excluding hydrogens is 441 g/mol. The number of guanidine groups is 1. The number of carbonyl (C=O) groups is 1. The van der Waals surface area contributed by atoms with Crippen molar-refractivity contribution in [2.24, 2.45) is 16.3 Å². The maximum atomic E-state index is 12.7. The van der Waals surface area contributed by atoms with Crippen LogP contribution in [0.3, 0.4) is 0 Å². The highest BCUT2D eigenvalue weighted by Crippen LogP contribution is 2.39. The Labute approximate surface area is 176 Å². The summed E-state index contributed by atoms with van der Waals surface area (Å²) in [6.07, 6.45) is 6.83. The highest BCUT2D eigenvalue weighted by atomic mass is 127. The zero-order chi connectivity index (χ0) is 18.4. The third-order valence-electron chi connectivity index (χ3n) is 5.61. The van der Waals surface area contributed by atoms with Gasteiger partial charge in [0.2, 0.25) is 5.91 Å². The van der Waals surface area contributed by atoms with Crippen LogP contribution in [0.25, 0.3) is 0 Å². The average Bonchev–Trinajstić information content (AvgIpc) is 3.28. The van der Waals surface area contributed by atoms with Gasteiger partial charge in [-0.05, 0) is 52.6 Å². The van der Waals surface area contributed by atoms with Crippen LogP contribution in [0.1, 0.15) is 45.4 Å².